The summed E-state index contributed by atoms with van der Waals surface area (Å²) in [6.07, 6.45) is -0.257. The Kier molecular flexibility index (Phi) is 4.67. The molecule has 1 aromatic rings. The number of nitro groups is 1. The number of carbonyl (C=O) groups is 1. The molecule has 1 atom stereocenters. The summed E-state index contributed by atoms with van der Waals surface area (Å²) in [4.78, 5) is 21.8. The highest BCUT2D eigenvalue weighted by Gasteiger charge is 2.19. The first kappa shape index (κ1) is 14.4. The molecule has 0 radical (unpaired) electrons. The van der Waals surface area contributed by atoms with Crippen LogP contribution in [0.4, 0.5) is 5.69 Å². The molecule has 6 heteroatoms. The van der Waals surface area contributed by atoms with Crippen molar-refractivity contribution in [2.75, 3.05) is 0 Å². The maximum absolute atomic E-state index is 11.8. The number of ether oxygens (including phenoxy) is 1. The first-order chi connectivity index (χ1) is 8.32. The Balaban J connectivity index is 2.94. The molecule has 0 saturated carbocycles. The van der Waals surface area contributed by atoms with Gasteiger partial charge in [0.15, 0.2) is 0 Å². The van der Waals surface area contributed by atoms with Crippen LogP contribution in [0.3, 0.4) is 0 Å². The van der Waals surface area contributed by atoms with Gasteiger partial charge in [-0.25, -0.2) is 4.79 Å². The summed E-state index contributed by atoms with van der Waals surface area (Å²) in [6.45, 7) is 5.61. The lowest BCUT2D eigenvalue weighted by Gasteiger charge is -2.16. The molecule has 18 heavy (non-hydrogen) atoms. The van der Waals surface area contributed by atoms with Crippen LogP contribution in [0.25, 0.3) is 0 Å². The lowest BCUT2D eigenvalue weighted by Crippen LogP contribution is -2.20. The first-order valence-corrected chi connectivity index (χ1v) is 5.85. The molecule has 0 spiro atoms. The number of hydrogen-bond acceptors (Lipinski definition) is 4. The fourth-order valence-corrected chi connectivity index (χ4v) is 1.34. The van der Waals surface area contributed by atoms with Crippen molar-refractivity contribution in [3.8, 4) is 0 Å². The normalized spacial score (nSPS) is 12.3. The van der Waals surface area contributed by atoms with E-state index in [0.29, 0.717) is 0 Å². The highest BCUT2D eigenvalue weighted by atomic mass is 35.5. The summed E-state index contributed by atoms with van der Waals surface area (Å²) in [6, 6.07) is 3.85. The van der Waals surface area contributed by atoms with Crippen molar-refractivity contribution < 1.29 is 14.5 Å². The molecule has 5 nitrogen and oxygen atoms in total. The lowest BCUT2D eigenvalue weighted by atomic mass is 10.1. The predicted molar refractivity (Wildman–Crippen MR) is 67.8 cm³/mol. The zero-order valence-electron chi connectivity index (χ0n) is 10.3. The topological polar surface area (TPSA) is 69.4 Å². The standard InChI is InChI=1S/C12H14ClNO4/c1-7(2)8(3)18-12(15)9-4-5-10(13)11(6-9)14(16)17/h4-8H,1-3H3. The fourth-order valence-electron chi connectivity index (χ4n) is 1.15. The second-order valence-electron chi connectivity index (χ2n) is 4.28. The predicted octanol–water partition coefficient (Wildman–Crippen LogP) is 3.45. The summed E-state index contributed by atoms with van der Waals surface area (Å²) in [5.74, 6) is -0.410. The minimum Gasteiger partial charge on any atom is -0.459 e. The minimum absolute atomic E-state index is 0.00606. The third kappa shape index (κ3) is 3.43. The van der Waals surface area contributed by atoms with Gasteiger partial charge in [-0.15, -0.1) is 0 Å². The molecular weight excluding hydrogens is 258 g/mol. The van der Waals surface area contributed by atoms with Crippen LogP contribution in [0.15, 0.2) is 18.2 Å². The highest BCUT2D eigenvalue weighted by molar-refractivity contribution is 6.32. The van der Waals surface area contributed by atoms with E-state index in [0.717, 1.165) is 6.07 Å². The molecule has 0 bridgehead atoms. The van der Waals surface area contributed by atoms with Gasteiger partial charge in [-0.05, 0) is 25.0 Å². The number of rotatable bonds is 4. The number of carbonyl (C=O) groups excluding carboxylic acids is 1. The number of esters is 1. The number of nitro benzene ring substituents is 1. The second-order valence-corrected chi connectivity index (χ2v) is 4.68. The van der Waals surface area contributed by atoms with Gasteiger partial charge < -0.3 is 4.74 Å². The zero-order chi connectivity index (χ0) is 13.9. The lowest BCUT2D eigenvalue weighted by molar-refractivity contribution is -0.384. The number of halogens is 1. The summed E-state index contributed by atoms with van der Waals surface area (Å²) in [5.41, 5.74) is -0.179. The van der Waals surface area contributed by atoms with Crippen LogP contribution in [-0.2, 0) is 4.74 Å². The summed E-state index contributed by atoms with van der Waals surface area (Å²) < 4.78 is 5.17. The molecule has 1 aromatic carbocycles. The van der Waals surface area contributed by atoms with Crippen molar-refractivity contribution in [1.29, 1.82) is 0 Å². The molecule has 0 aliphatic rings. The van der Waals surface area contributed by atoms with Crippen molar-refractivity contribution in [1.82, 2.24) is 0 Å². The highest BCUT2D eigenvalue weighted by Crippen LogP contribution is 2.25. The van der Waals surface area contributed by atoms with Crippen molar-refractivity contribution >= 4 is 23.3 Å². The van der Waals surface area contributed by atoms with Gasteiger partial charge in [-0.3, -0.25) is 10.1 Å². The van der Waals surface area contributed by atoms with Crippen molar-refractivity contribution in [3.63, 3.8) is 0 Å². The quantitative estimate of drug-likeness (QED) is 0.478. The Labute approximate surface area is 110 Å². The molecule has 0 aliphatic heterocycles. The van der Waals surface area contributed by atoms with Gasteiger partial charge in [0.25, 0.3) is 5.69 Å². The molecule has 0 heterocycles. The van der Waals surface area contributed by atoms with E-state index in [2.05, 4.69) is 0 Å². The Morgan fingerprint density at radius 2 is 2.00 bits per heavy atom. The van der Waals surface area contributed by atoms with Crippen LogP contribution in [0.1, 0.15) is 31.1 Å². The van der Waals surface area contributed by atoms with Gasteiger partial charge in [0, 0.05) is 6.07 Å². The monoisotopic (exact) mass is 271 g/mol. The minimum atomic E-state index is -0.634. The van der Waals surface area contributed by atoms with E-state index in [1.807, 2.05) is 13.8 Å². The van der Waals surface area contributed by atoms with E-state index in [9.17, 15) is 14.9 Å². The summed E-state index contributed by atoms with van der Waals surface area (Å²) in [5, 5.41) is 10.7. The van der Waals surface area contributed by atoms with E-state index in [1.165, 1.54) is 12.1 Å². The first-order valence-electron chi connectivity index (χ1n) is 5.48. The average molecular weight is 272 g/mol. The van der Waals surface area contributed by atoms with Gasteiger partial charge in [0.05, 0.1) is 10.5 Å². The van der Waals surface area contributed by atoms with Crippen LogP contribution in [0.2, 0.25) is 5.02 Å². The van der Waals surface area contributed by atoms with E-state index in [4.69, 9.17) is 16.3 Å². The van der Waals surface area contributed by atoms with E-state index < -0.39 is 10.9 Å². The molecule has 1 rings (SSSR count). The van der Waals surface area contributed by atoms with Crippen LogP contribution < -0.4 is 0 Å². The van der Waals surface area contributed by atoms with Crippen molar-refractivity contribution in [3.05, 3.63) is 38.9 Å². The Morgan fingerprint density at radius 3 is 2.50 bits per heavy atom. The molecule has 0 amide bonds. The Bertz CT molecular complexity index is 473. The van der Waals surface area contributed by atoms with Crippen molar-refractivity contribution in [2.45, 2.75) is 26.9 Å². The molecule has 0 aromatic heterocycles. The van der Waals surface area contributed by atoms with Gasteiger partial charge in [0.1, 0.15) is 11.1 Å². The van der Waals surface area contributed by atoms with Crippen LogP contribution in [0, 0.1) is 16.0 Å². The SMILES string of the molecule is CC(C)C(C)OC(=O)c1ccc(Cl)c([N+](=O)[O-])c1. The van der Waals surface area contributed by atoms with Gasteiger partial charge in [-0.2, -0.15) is 0 Å². The van der Waals surface area contributed by atoms with Gasteiger partial charge >= 0.3 is 5.97 Å². The average Bonchev–Trinajstić information content (AvgIpc) is 2.28. The molecule has 0 fully saturated rings. The molecule has 0 saturated heterocycles. The summed E-state index contributed by atoms with van der Waals surface area (Å²) >= 11 is 5.66. The number of nitrogens with zero attached hydrogens (tertiary/aromatic N) is 1. The molecular formula is C12H14ClNO4. The smallest absolute Gasteiger partial charge is 0.338 e. The number of hydrogen-bond donors (Lipinski definition) is 0. The van der Waals surface area contributed by atoms with E-state index in [-0.39, 0.29) is 28.3 Å². The van der Waals surface area contributed by atoms with Gasteiger partial charge in [0.2, 0.25) is 0 Å². The second kappa shape index (κ2) is 5.82. The third-order valence-corrected chi connectivity index (χ3v) is 2.93. The zero-order valence-corrected chi connectivity index (χ0v) is 11.1. The molecule has 1 unspecified atom stereocenters. The Morgan fingerprint density at radius 1 is 1.39 bits per heavy atom. The maximum Gasteiger partial charge on any atom is 0.338 e. The molecule has 98 valence electrons. The maximum atomic E-state index is 11.8. The van der Waals surface area contributed by atoms with Crippen molar-refractivity contribution in [2.24, 2.45) is 5.92 Å². The molecule has 0 N–H and O–H groups in total. The fraction of sp³-hybridized carbons (Fsp3) is 0.417. The number of benzene rings is 1. The Hall–Kier alpha value is -1.62. The largest absolute Gasteiger partial charge is 0.459 e. The third-order valence-electron chi connectivity index (χ3n) is 2.61. The van der Waals surface area contributed by atoms with Crippen LogP contribution in [-0.4, -0.2) is 17.0 Å². The summed E-state index contributed by atoms with van der Waals surface area (Å²) in [7, 11) is 0. The molecule has 0 aliphatic carbocycles. The van der Waals surface area contributed by atoms with Crippen LogP contribution >= 0.6 is 11.6 Å². The van der Waals surface area contributed by atoms with E-state index >= 15 is 0 Å². The van der Waals surface area contributed by atoms with Crippen LogP contribution in [0.5, 0.6) is 0 Å². The van der Waals surface area contributed by atoms with Gasteiger partial charge in [-0.1, -0.05) is 25.4 Å². The van der Waals surface area contributed by atoms with E-state index in [1.54, 1.807) is 6.92 Å².